The second-order valence-electron chi connectivity index (χ2n) is 6.10. The van der Waals surface area contributed by atoms with Crippen LogP contribution in [-0.4, -0.2) is 31.7 Å². The van der Waals surface area contributed by atoms with Crippen molar-refractivity contribution in [1.29, 1.82) is 0 Å². The second kappa shape index (κ2) is 8.78. The molecule has 0 radical (unpaired) electrons. The van der Waals surface area contributed by atoms with Crippen LogP contribution >= 0.6 is 0 Å². The highest BCUT2D eigenvalue weighted by molar-refractivity contribution is 7.89. The summed E-state index contributed by atoms with van der Waals surface area (Å²) in [6.07, 6.45) is 1.47. The zero-order valence-corrected chi connectivity index (χ0v) is 15.9. The number of hydrogen-bond acceptors (Lipinski definition) is 3. The average molecular weight is 372 g/mol. The van der Waals surface area contributed by atoms with Gasteiger partial charge in [0.05, 0.1) is 17.5 Å². The van der Waals surface area contributed by atoms with Crippen LogP contribution in [0.25, 0.3) is 0 Å². The molecule has 5 nitrogen and oxygen atoms in total. The Morgan fingerprint density at radius 1 is 1.15 bits per heavy atom. The summed E-state index contributed by atoms with van der Waals surface area (Å²) in [6.45, 7) is 7.14. The van der Waals surface area contributed by atoms with Crippen molar-refractivity contribution in [3.05, 3.63) is 78.4 Å². The highest BCUT2D eigenvalue weighted by atomic mass is 32.2. The van der Waals surface area contributed by atoms with Crippen molar-refractivity contribution >= 4 is 15.9 Å². The van der Waals surface area contributed by atoms with E-state index in [-0.39, 0.29) is 29.9 Å². The number of hydrogen-bond donors (Lipinski definition) is 1. The molecule has 0 aromatic heterocycles. The SMILES string of the molecule is C=CCN(CC(=O)N[C@@H](C)c1ccccc1)S(=O)(=O)c1ccc(C)cc1. The van der Waals surface area contributed by atoms with Gasteiger partial charge < -0.3 is 5.32 Å². The van der Waals surface area contributed by atoms with Gasteiger partial charge in [-0.1, -0.05) is 54.1 Å². The van der Waals surface area contributed by atoms with Crippen LogP contribution in [-0.2, 0) is 14.8 Å². The Kier molecular flexibility index (Phi) is 6.71. The van der Waals surface area contributed by atoms with Crippen molar-refractivity contribution in [2.45, 2.75) is 24.8 Å². The summed E-state index contributed by atoms with van der Waals surface area (Å²) in [5.74, 6) is -0.362. The van der Waals surface area contributed by atoms with Gasteiger partial charge in [0.1, 0.15) is 0 Å². The number of carbonyl (C=O) groups is 1. The summed E-state index contributed by atoms with van der Waals surface area (Å²) in [5.41, 5.74) is 1.92. The number of carbonyl (C=O) groups excluding carboxylic acids is 1. The van der Waals surface area contributed by atoms with Crippen LogP contribution in [0.1, 0.15) is 24.1 Å². The van der Waals surface area contributed by atoms with Crippen molar-refractivity contribution in [3.8, 4) is 0 Å². The molecule has 2 aromatic rings. The molecule has 0 fully saturated rings. The standard InChI is InChI=1S/C20H24N2O3S/c1-4-14-22(26(24,25)19-12-10-16(2)11-13-19)15-20(23)21-17(3)18-8-6-5-7-9-18/h4-13,17H,1,14-15H2,2-3H3,(H,21,23)/t17-/m0/s1. The zero-order chi connectivity index (χ0) is 19.2. The monoisotopic (exact) mass is 372 g/mol. The summed E-state index contributed by atoms with van der Waals surface area (Å²) < 4.78 is 26.8. The number of rotatable bonds is 8. The molecule has 6 heteroatoms. The maximum absolute atomic E-state index is 12.8. The van der Waals surface area contributed by atoms with Crippen molar-refractivity contribution in [1.82, 2.24) is 9.62 Å². The summed E-state index contributed by atoms with van der Waals surface area (Å²) in [6, 6.07) is 15.9. The summed E-state index contributed by atoms with van der Waals surface area (Å²) >= 11 is 0. The number of sulfonamides is 1. The molecule has 0 aliphatic carbocycles. The first-order valence-corrected chi connectivity index (χ1v) is 9.80. The van der Waals surface area contributed by atoms with Gasteiger partial charge in [0.15, 0.2) is 0 Å². The van der Waals surface area contributed by atoms with Gasteiger partial charge in [-0.2, -0.15) is 4.31 Å². The normalized spacial score (nSPS) is 12.6. The smallest absolute Gasteiger partial charge is 0.243 e. The van der Waals surface area contributed by atoms with Gasteiger partial charge in [0.2, 0.25) is 15.9 Å². The molecular weight excluding hydrogens is 348 g/mol. The van der Waals surface area contributed by atoms with Crippen LogP contribution in [0.3, 0.4) is 0 Å². The molecule has 0 aliphatic rings. The predicted octanol–water partition coefficient (Wildman–Crippen LogP) is 3.05. The predicted molar refractivity (Wildman–Crippen MR) is 103 cm³/mol. The summed E-state index contributed by atoms with van der Waals surface area (Å²) in [7, 11) is -3.77. The molecule has 0 bridgehead atoms. The fourth-order valence-electron chi connectivity index (χ4n) is 2.52. The Morgan fingerprint density at radius 3 is 2.35 bits per heavy atom. The van der Waals surface area contributed by atoms with E-state index in [2.05, 4.69) is 11.9 Å². The van der Waals surface area contributed by atoms with Crippen LogP contribution in [0.5, 0.6) is 0 Å². The summed E-state index contributed by atoms with van der Waals surface area (Å²) in [4.78, 5) is 12.6. The Balaban J connectivity index is 2.13. The second-order valence-corrected chi connectivity index (χ2v) is 8.04. The lowest BCUT2D eigenvalue weighted by atomic mass is 10.1. The van der Waals surface area contributed by atoms with Crippen molar-refractivity contribution in [3.63, 3.8) is 0 Å². The van der Waals surface area contributed by atoms with E-state index in [4.69, 9.17) is 0 Å². The van der Waals surface area contributed by atoms with Gasteiger partial charge in [-0.15, -0.1) is 6.58 Å². The Bertz CT molecular complexity index is 846. The van der Waals surface area contributed by atoms with Crippen LogP contribution in [0.15, 0.2) is 72.1 Å². The Morgan fingerprint density at radius 2 is 1.77 bits per heavy atom. The van der Waals surface area contributed by atoms with Gasteiger partial charge in [-0.05, 0) is 31.5 Å². The molecule has 1 amide bonds. The number of nitrogens with one attached hydrogen (secondary N) is 1. The van der Waals surface area contributed by atoms with E-state index in [0.29, 0.717) is 0 Å². The lowest BCUT2D eigenvalue weighted by Gasteiger charge is -2.22. The average Bonchev–Trinajstić information content (AvgIpc) is 2.62. The fraction of sp³-hybridized carbons (Fsp3) is 0.250. The zero-order valence-electron chi connectivity index (χ0n) is 15.1. The third kappa shape index (κ3) is 5.03. The van der Waals surface area contributed by atoms with Crippen LogP contribution < -0.4 is 5.32 Å². The number of benzene rings is 2. The minimum absolute atomic E-state index is 0.0589. The van der Waals surface area contributed by atoms with E-state index in [1.807, 2.05) is 44.2 Å². The van der Waals surface area contributed by atoms with E-state index >= 15 is 0 Å². The molecule has 0 spiro atoms. The maximum Gasteiger partial charge on any atom is 0.243 e. The lowest BCUT2D eigenvalue weighted by molar-refractivity contribution is -0.121. The van der Waals surface area contributed by atoms with E-state index in [1.54, 1.807) is 24.3 Å². The van der Waals surface area contributed by atoms with Gasteiger partial charge in [-0.3, -0.25) is 4.79 Å². The third-order valence-electron chi connectivity index (χ3n) is 3.99. The molecular formula is C20H24N2O3S. The molecule has 1 atom stereocenters. The highest BCUT2D eigenvalue weighted by Crippen LogP contribution is 2.17. The molecule has 0 heterocycles. The molecule has 0 saturated heterocycles. The molecule has 0 aliphatic heterocycles. The van der Waals surface area contributed by atoms with E-state index in [9.17, 15) is 13.2 Å². The summed E-state index contributed by atoms with van der Waals surface area (Å²) in [5, 5.41) is 2.84. The molecule has 0 unspecified atom stereocenters. The fourth-order valence-corrected chi connectivity index (χ4v) is 3.89. The molecule has 26 heavy (non-hydrogen) atoms. The van der Waals surface area contributed by atoms with Crippen molar-refractivity contribution < 1.29 is 13.2 Å². The molecule has 1 N–H and O–H groups in total. The van der Waals surface area contributed by atoms with Gasteiger partial charge in [0.25, 0.3) is 0 Å². The number of nitrogens with zero attached hydrogens (tertiary/aromatic N) is 1. The minimum Gasteiger partial charge on any atom is -0.348 e. The van der Waals surface area contributed by atoms with Gasteiger partial charge >= 0.3 is 0 Å². The van der Waals surface area contributed by atoms with E-state index < -0.39 is 10.0 Å². The number of amides is 1. The maximum atomic E-state index is 12.8. The highest BCUT2D eigenvalue weighted by Gasteiger charge is 2.26. The lowest BCUT2D eigenvalue weighted by Crippen LogP contribution is -2.41. The molecule has 0 saturated carbocycles. The molecule has 138 valence electrons. The first-order chi connectivity index (χ1) is 12.3. The molecule has 2 rings (SSSR count). The van der Waals surface area contributed by atoms with E-state index in [1.165, 1.54) is 6.08 Å². The van der Waals surface area contributed by atoms with Gasteiger partial charge in [-0.25, -0.2) is 8.42 Å². The molecule has 2 aromatic carbocycles. The first kappa shape index (κ1) is 19.9. The topological polar surface area (TPSA) is 66.5 Å². The largest absolute Gasteiger partial charge is 0.348 e. The quantitative estimate of drug-likeness (QED) is 0.724. The van der Waals surface area contributed by atoms with Gasteiger partial charge in [0, 0.05) is 6.54 Å². The minimum atomic E-state index is -3.77. The van der Waals surface area contributed by atoms with Crippen molar-refractivity contribution in [2.75, 3.05) is 13.1 Å². The first-order valence-electron chi connectivity index (χ1n) is 8.36. The number of aryl methyl sites for hydroxylation is 1. The Hall–Kier alpha value is -2.44. The third-order valence-corrected chi connectivity index (χ3v) is 5.81. The Labute approximate surface area is 155 Å². The van der Waals surface area contributed by atoms with E-state index in [0.717, 1.165) is 15.4 Å². The van der Waals surface area contributed by atoms with Crippen LogP contribution in [0.2, 0.25) is 0 Å². The van der Waals surface area contributed by atoms with Crippen molar-refractivity contribution in [2.24, 2.45) is 0 Å². The van der Waals surface area contributed by atoms with Crippen LogP contribution in [0, 0.1) is 6.92 Å². The van der Waals surface area contributed by atoms with Crippen LogP contribution in [0.4, 0.5) is 0 Å².